The molecule has 2 aliphatic carbocycles. The molecular formula is C79H106Cl2F7N3O7. The number of hydrogen-bond donors (Lipinski definition) is 0. The first-order chi connectivity index (χ1) is 45.0. The van der Waals surface area contributed by atoms with E-state index in [1.54, 1.807) is 38.1 Å². The van der Waals surface area contributed by atoms with Crippen molar-refractivity contribution in [2.24, 2.45) is 34.0 Å². The number of carbonyl (C=O) groups is 6. The van der Waals surface area contributed by atoms with Gasteiger partial charge in [-0.25, -0.2) is 17.6 Å². The summed E-state index contributed by atoms with van der Waals surface area (Å²) in [5, 5.41) is 1.41. The maximum atomic E-state index is 14.1. The van der Waals surface area contributed by atoms with Gasteiger partial charge in [-0.1, -0.05) is 150 Å². The molecule has 98 heavy (non-hydrogen) atoms. The van der Waals surface area contributed by atoms with Crippen LogP contribution >= 0.6 is 23.2 Å². The summed E-state index contributed by atoms with van der Waals surface area (Å²) in [5.74, 6) is -6.64. The van der Waals surface area contributed by atoms with Gasteiger partial charge in [0.15, 0.2) is 0 Å². The van der Waals surface area contributed by atoms with Gasteiger partial charge in [-0.3, -0.25) is 28.8 Å². The summed E-state index contributed by atoms with van der Waals surface area (Å²) in [6.45, 7) is 32.8. The van der Waals surface area contributed by atoms with Gasteiger partial charge in [-0.2, -0.15) is 13.2 Å². The SMILES string of the molecule is CC(=O)CCN1C=C(C2CC(F)(F)C2)[C@](C)(c2ccc(CCC(C)(C)C)c(C(F)(F)F)c2)CC1=O.CC(=O)CCN1C=C(C2CC(F)(F)C2)[C@](C)(c2ccc(CCC(C)(C)C)c(Cl)c2)CC1=O.COCC(C)C1=CN(CCC(C)=O)C(=O)C[C@@]1(C)c1ccc(CCC(C)(C)C)c(Cl)c1. The predicted octanol–water partition coefficient (Wildman–Crippen LogP) is 19.8. The van der Waals surface area contributed by atoms with Crippen LogP contribution in [0.15, 0.2) is 89.9 Å². The predicted molar refractivity (Wildman–Crippen MR) is 375 cm³/mol. The van der Waals surface area contributed by atoms with Crippen LogP contribution in [0.5, 0.6) is 0 Å². The standard InChI is InChI=1S/C27H34F5NO2.C26H34ClF2NO2.C26H38ClNO3/c1-17(34)9-11-33-16-22(19-13-26(28,29)14-19)25(5,15-23(33)35)20-7-6-18(8-10-24(2,3)4)21(12-20)27(30,31)32;1-17(31)9-11-30-16-21(19-13-26(28,29)14-19)25(5,15-23(30)32)20-7-6-18(22(27)12-20)8-10-24(2,3)4;1-18(17-31-7)22-16-28(13-11-19(2)29)24(30)15-26(22,6)21-9-8-20(23(27)14-21)10-12-25(3,4)5/h6-7,12,16,19H,8-11,13-15H2,1-5H3;6-7,12,16,19H,8-11,13-15H2,1-5H3;8-9,14,16,18H,10-13,15,17H2,1-7H3/t2*25-;18?,26-/m000/s1. The summed E-state index contributed by atoms with van der Waals surface area (Å²) in [7, 11) is 1.69. The van der Waals surface area contributed by atoms with Gasteiger partial charge in [0.2, 0.25) is 29.6 Å². The molecule has 0 radical (unpaired) electrons. The van der Waals surface area contributed by atoms with Crippen molar-refractivity contribution < 1.29 is 64.2 Å². The van der Waals surface area contributed by atoms with E-state index in [2.05, 4.69) is 67.5 Å². The summed E-state index contributed by atoms with van der Waals surface area (Å²) in [4.78, 5) is 77.8. The van der Waals surface area contributed by atoms with Crippen molar-refractivity contribution in [1.29, 1.82) is 0 Å². The maximum Gasteiger partial charge on any atom is 0.416 e. The third kappa shape index (κ3) is 21.7. The van der Waals surface area contributed by atoms with Crippen LogP contribution < -0.4 is 0 Å². The number of carbonyl (C=O) groups excluding carboxylic acids is 6. The Morgan fingerprint density at radius 2 is 0.837 bits per heavy atom. The second-order valence-electron chi connectivity index (χ2n) is 32.8. The number of hydrogen-bond acceptors (Lipinski definition) is 7. The lowest BCUT2D eigenvalue weighted by Crippen LogP contribution is -2.47. The number of alkyl halides is 7. The van der Waals surface area contributed by atoms with Crippen molar-refractivity contribution in [3.8, 4) is 0 Å². The fourth-order valence-corrected chi connectivity index (χ4v) is 14.4. The van der Waals surface area contributed by atoms with Gasteiger partial charge >= 0.3 is 6.18 Å². The summed E-state index contributed by atoms with van der Waals surface area (Å²) < 4.78 is 103. The number of allylic oxidation sites excluding steroid dienone is 2. The van der Waals surface area contributed by atoms with E-state index in [9.17, 15) is 59.5 Å². The van der Waals surface area contributed by atoms with E-state index in [4.69, 9.17) is 27.9 Å². The average molecular weight is 1410 g/mol. The van der Waals surface area contributed by atoms with Gasteiger partial charge in [0.25, 0.3) is 0 Å². The molecule has 3 aromatic rings. The normalized spacial score (nSPS) is 22.5. The monoisotopic (exact) mass is 1410 g/mol. The summed E-state index contributed by atoms with van der Waals surface area (Å²) in [6.07, 6.45) is 5.16. The molecule has 0 aromatic heterocycles. The highest BCUT2D eigenvalue weighted by Gasteiger charge is 2.55. The zero-order chi connectivity index (χ0) is 73.7. The van der Waals surface area contributed by atoms with Crippen LogP contribution in [-0.4, -0.2) is 95.0 Å². The molecule has 19 heteroatoms. The van der Waals surface area contributed by atoms with Gasteiger partial charge in [0, 0.05) is 142 Å². The molecule has 0 bridgehead atoms. The lowest BCUT2D eigenvalue weighted by Gasteiger charge is -2.47. The molecule has 5 aliphatic rings. The molecule has 3 amide bonds. The summed E-state index contributed by atoms with van der Waals surface area (Å²) in [6, 6.07) is 16.3. The maximum absolute atomic E-state index is 14.1. The van der Waals surface area contributed by atoms with Crippen LogP contribution in [0, 0.1) is 34.0 Å². The molecule has 4 atom stereocenters. The zero-order valence-corrected chi connectivity index (χ0v) is 62.4. The second-order valence-corrected chi connectivity index (χ2v) is 33.7. The molecular weight excluding hydrogens is 1310 g/mol. The third-order valence-electron chi connectivity index (χ3n) is 20.3. The van der Waals surface area contributed by atoms with Crippen LogP contribution in [-0.2, 0) is 75.2 Å². The van der Waals surface area contributed by atoms with Crippen LogP contribution in [0.2, 0.25) is 10.0 Å². The highest BCUT2D eigenvalue weighted by Crippen LogP contribution is 2.56. The Morgan fingerprint density at radius 3 is 1.15 bits per heavy atom. The highest BCUT2D eigenvalue weighted by atomic mass is 35.5. The number of ether oxygens (including phenoxy) is 1. The van der Waals surface area contributed by atoms with Gasteiger partial charge in [0.1, 0.15) is 17.3 Å². The largest absolute Gasteiger partial charge is 0.416 e. The van der Waals surface area contributed by atoms with Crippen molar-refractivity contribution in [3.63, 3.8) is 0 Å². The Balaban J connectivity index is 0.000000232. The minimum absolute atomic E-state index is 0.00566. The van der Waals surface area contributed by atoms with Crippen LogP contribution in [0.1, 0.15) is 233 Å². The van der Waals surface area contributed by atoms with Crippen molar-refractivity contribution in [3.05, 3.63) is 139 Å². The topological polar surface area (TPSA) is 121 Å². The molecule has 10 nitrogen and oxygen atoms in total. The van der Waals surface area contributed by atoms with E-state index >= 15 is 0 Å². The van der Waals surface area contributed by atoms with Crippen LogP contribution in [0.4, 0.5) is 30.7 Å². The Morgan fingerprint density at radius 1 is 0.520 bits per heavy atom. The number of halogens is 9. The third-order valence-corrected chi connectivity index (χ3v) is 21.0. The molecule has 542 valence electrons. The van der Waals surface area contributed by atoms with E-state index in [1.165, 1.54) is 35.9 Å². The molecule has 8 rings (SSSR count). The quantitative estimate of drug-likeness (QED) is 0.0867. The van der Waals surface area contributed by atoms with Gasteiger partial charge in [-0.05, 0) is 156 Å². The Kier molecular flexibility index (Phi) is 26.3. The average Bonchev–Trinajstić information content (AvgIpc) is 0.751. The first-order valence-electron chi connectivity index (χ1n) is 34.5. The Labute approximate surface area is 588 Å². The zero-order valence-electron chi connectivity index (χ0n) is 60.9. The van der Waals surface area contributed by atoms with Crippen LogP contribution in [0.25, 0.3) is 0 Å². The summed E-state index contributed by atoms with van der Waals surface area (Å²) >= 11 is 13.3. The van der Waals surface area contributed by atoms with Crippen molar-refractivity contribution >= 4 is 58.3 Å². The lowest BCUT2D eigenvalue weighted by atomic mass is 9.62. The van der Waals surface area contributed by atoms with E-state index < -0.39 is 58.6 Å². The first-order valence-corrected chi connectivity index (χ1v) is 35.3. The molecule has 3 aliphatic heterocycles. The van der Waals surface area contributed by atoms with Crippen molar-refractivity contribution in [2.45, 2.75) is 248 Å². The van der Waals surface area contributed by atoms with Crippen molar-refractivity contribution in [1.82, 2.24) is 14.7 Å². The second kappa shape index (κ2) is 31.7. The lowest BCUT2D eigenvalue weighted by molar-refractivity contribution is -0.138. The number of benzene rings is 3. The Hall–Kier alpha value is -5.65. The fourth-order valence-electron chi connectivity index (χ4n) is 13.9. The molecule has 0 spiro atoms. The van der Waals surface area contributed by atoms with Gasteiger partial charge < -0.3 is 19.4 Å². The molecule has 0 N–H and O–H groups in total. The number of rotatable bonds is 23. The van der Waals surface area contributed by atoms with Crippen LogP contribution in [0.3, 0.4) is 0 Å². The number of amides is 3. The molecule has 3 aromatic carbocycles. The number of methoxy groups -OCH3 is 1. The molecule has 3 heterocycles. The highest BCUT2D eigenvalue weighted by molar-refractivity contribution is 6.31. The minimum Gasteiger partial charge on any atom is -0.384 e. The fraction of sp³-hybridized carbons (Fsp3) is 0.620. The number of Topliss-reactive ketones (excluding diaryl/α,β-unsaturated/α-hetero) is 3. The molecule has 0 saturated heterocycles. The summed E-state index contributed by atoms with van der Waals surface area (Å²) in [5.41, 5.74) is 4.36. The van der Waals surface area contributed by atoms with Gasteiger partial charge in [0.05, 0.1) is 12.2 Å². The van der Waals surface area contributed by atoms with Gasteiger partial charge in [-0.15, -0.1) is 0 Å². The van der Waals surface area contributed by atoms with Crippen molar-refractivity contribution in [2.75, 3.05) is 33.4 Å². The van der Waals surface area contributed by atoms with E-state index in [1.807, 2.05) is 58.2 Å². The van der Waals surface area contributed by atoms with E-state index in [0.29, 0.717) is 48.6 Å². The van der Waals surface area contributed by atoms with E-state index in [-0.39, 0.29) is 127 Å². The number of nitrogens with zero attached hydrogens (tertiary/aromatic N) is 3. The molecule has 2 saturated carbocycles. The number of aryl methyl sites for hydroxylation is 3. The smallest absolute Gasteiger partial charge is 0.384 e. The molecule has 1 unspecified atom stereocenters. The Bertz CT molecular complexity index is 3500. The number of ketones is 3. The molecule has 2 fully saturated rings. The first kappa shape index (κ1) is 81.3. The van der Waals surface area contributed by atoms with E-state index in [0.717, 1.165) is 70.2 Å². The minimum atomic E-state index is -4.58.